The van der Waals surface area contributed by atoms with Crippen molar-refractivity contribution in [2.75, 3.05) is 4.90 Å². The summed E-state index contributed by atoms with van der Waals surface area (Å²) in [5.41, 5.74) is 17.5. The first-order valence-corrected chi connectivity index (χ1v) is 20.3. The van der Waals surface area contributed by atoms with Crippen molar-refractivity contribution in [2.24, 2.45) is 0 Å². The third-order valence-electron chi connectivity index (χ3n) is 11.3. The molecule has 59 heavy (non-hydrogen) atoms. The van der Waals surface area contributed by atoms with Crippen LogP contribution in [0.2, 0.25) is 0 Å². The van der Waals surface area contributed by atoms with Gasteiger partial charge in [0, 0.05) is 16.9 Å². The van der Waals surface area contributed by atoms with E-state index in [1.165, 1.54) is 72.0 Å². The first kappa shape index (κ1) is 35.7. The molecule has 1 nitrogen and oxygen atoms in total. The van der Waals surface area contributed by atoms with E-state index in [-0.39, 0.29) is 0 Å². The molecular weight excluding hydrogens is 711 g/mol. The maximum Gasteiger partial charge on any atom is 0.0540 e. The van der Waals surface area contributed by atoms with Crippen LogP contribution in [0.1, 0.15) is 0 Å². The van der Waals surface area contributed by atoms with Crippen LogP contribution in [-0.2, 0) is 0 Å². The van der Waals surface area contributed by atoms with Crippen LogP contribution in [0.4, 0.5) is 17.1 Å². The fourth-order valence-corrected chi connectivity index (χ4v) is 8.33. The summed E-state index contributed by atoms with van der Waals surface area (Å²) in [6.07, 6.45) is 0. The second kappa shape index (κ2) is 16.0. The van der Waals surface area contributed by atoms with E-state index in [2.05, 4.69) is 254 Å². The Hall–Kier alpha value is -7.74. The summed E-state index contributed by atoms with van der Waals surface area (Å²) >= 11 is 0. The summed E-state index contributed by atoms with van der Waals surface area (Å²) in [4.78, 5) is 2.41. The summed E-state index contributed by atoms with van der Waals surface area (Å²) in [6.45, 7) is 0. The SMILES string of the molecule is c1ccc(-c2ccc(N(c3ccc(-c4ccc5ccccc5c4)cc3)c3ccccc3-c3ccc(-c4ccccc4)cc3-c3ccccc3-c3ccccc3)cc2)cc1. The predicted molar refractivity (Wildman–Crippen MR) is 251 cm³/mol. The molecule has 0 saturated carbocycles. The Labute approximate surface area is 346 Å². The monoisotopic (exact) mass is 751 g/mol. The molecule has 10 rings (SSSR count). The van der Waals surface area contributed by atoms with Gasteiger partial charge in [-0.15, -0.1) is 0 Å². The third-order valence-corrected chi connectivity index (χ3v) is 11.3. The van der Waals surface area contributed by atoms with Gasteiger partial charge in [0.25, 0.3) is 0 Å². The van der Waals surface area contributed by atoms with Crippen LogP contribution in [-0.4, -0.2) is 0 Å². The molecule has 0 aliphatic heterocycles. The van der Waals surface area contributed by atoms with Gasteiger partial charge in [-0.2, -0.15) is 0 Å². The van der Waals surface area contributed by atoms with Gasteiger partial charge in [0.05, 0.1) is 5.69 Å². The topological polar surface area (TPSA) is 3.24 Å². The fourth-order valence-electron chi connectivity index (χ4n) is 8.33. The highest BCUT2D eigenvalue weighted by molar-refractivity contribution is 5.99. The summed E-state index contributed by atoms with van der Waals surface area (Å²) in [6, 6.07) is 89.9. The third kappa shape index (κ3) is 7.23. The van der Waals surface area contributed by atoms with Crippen LogP contribution < -0.4 is 4.90 Å². The average molecular weight is 752 g/mol. The van der Waals surface area contributed by atoms with E-state index in [1.54, 1.807) is 0 Å². The lowest BCUT2D eigenvalue weighted by atomic mass is 9.86. The van der Waals surface area contributed by atoms with Crippen molar-refractivity contribution < 1.29 is 0 Å². The quantitative estimate of drug-likeness (QED) is 0.142. The molecule has 278 valence electrons. The molecule has 0 aromatic heterocycles. The van der Waals surface area contributed by atoms with Gasteiger partial charge in [-0.3, -0.25) is 0 Å². The number of anilines is 3. The molecule has 0 amide bonds. The number of nitrogens with zero attached hydrogens (tertiary/aromatic N) is 1. The van der Waals surface area contributed by atoms with Crippen LogP contribution in [0.15, 0.2) is 249 Å². The summed E-state index contributed by atoms with van der Waals surface area (Å²) < 4.78 is 0. The van der Waals surface area contributed by atoms with Crippen molar-refractivity contribution in [2.45, 2.75) is 0 Å². The Kier molecular flexibility index (Phi) is 9.68. The molecule has 0 atom stereocenters. The van der Waals surface area contributed by atoms with Crippen LogP contribution in [0.3, 0.4) is 0 Å². The fraction of sp³-hybridized carbons (Fsp3) is 0. The molecule has 1 heteroatoms. The molecule has 10 aromatic rings. The molecule has 10 aromatic carbocycles. The van der Waals surface area contributed by atoms with Gasteiger partial charge in [0.15, 0.2) is 0 Å². The molecule has 0 aliphatic carbocycles. The van der Waals surface area contributed by atoms with E-state index in [0.717, 1.165) is 22.6 Å². The first-order valence-electron chi connectivity index (χ1n) is 20.3. The van der Waals surface area contributed by atoms with Crippen LogP contribution in [0, 0.1) is 0 Å². The number of fused-ring (bicyclic) bond motifs is 1. The maximum absolute atomic E-state index is 2.41. The molecular formula is C58H41N. The molecule has 0 unspecified atom stereocenters. The van der Waals surface area contributed by atoms with Gasteiger partial charge in [-0.05, 0) is 114 Å². The minimum absolute atomic E-state index is 1.08. The van der Waals surface area contributed by atoms with E-state index >= 15 is 0 Å². The summed E-state index contributed by atoms with van der Waals surface area (Å²) in [5.74, 6) is 0. The minimum Gasteiger partial charge on any atom is -0.310 e. The van der Waals surface area contributed by atoms with E-state index in [9.17, 15) is 0 Å². The highest BCUT2D eigenvalue weighted by Gasteiger charge is 2.21. The van der Waals surface area contributed by atoms with E-state index < -0.39 is 0 Å². The van der Waals surface area contributed by atoms with Crippen molar-refractivity contribution >= 4 is 27.8 Å². The molecule has 0 saturated heterocycles. The minimum atomic E-state index is 1.08. The van der Waals surface area contributed by atoms with Crippen molar-refractivity contribution in [1.29, 1.82) is 0 Å². The van der Waals surface area contributed by atoms with Crippen molar-refractivity contribution in [1.82, 2.24) is 0 Å². The smallest absolute Gasteiger partial charge is 0.0540 e. The lowest BCUT2D eigenvalue weighted by molar-refractivity contribution is 1.28. The Morgan fingerprint density at radius 1 is 0.203 bits per heavy atom. The van der Waals surface area contributed by atoms with Gasteiger partial charge in [0.1, 0.15) is 0 Å². The number of rotatable bonds is 9. The van der Waals surface area contributed by atoms with E-state index in [1.807, 2.05) is 0 Å². The standard InChI is InChI=1S/C58H41N/c1-4-16-42(17-5-1)45-30-35-51(36-31-45)59(52-37-32-46(33-38-52)49-29-28-44-20-10-11-23-48(44)40-49)58-27-15-14-26-56(58)55-39-34-50(43-18-6-2-7-19-43)41-57(55)54-25-13-12-24-53(54)47-21-8-3-9-22-47/h1-41H. The van der Waals surface area contributed by atoms with Gasteiger partial charge in [0.2, 0.25) is 0 Å². The zero-order valence-electron chi connectivity index (χ0n) is 32.6. The molecule has 0 radical (unpaired) electrons. The highest BCUT2D eigenvalue weighted by atomic mass is 15.1. The van der Waals surface area contributed by atoms with Crippen LogP contribution >= 0.6 is 0 Å². The first-order chi connectivity index (χ1) is 29.3. The number of para-hydroxylation sites is 1. The number of benzene rings is 10. The average Bonchev–Trinajstić information content (AvgIpc) is 3.33. The largest absolute Gasteiger partial charge is 0.310 e. The molecule has 0 N–H and O–H groups in total. The second-order valence-corrected chi connectivity index (χ2v) is 14.9. The Morgan fingerprint density at radius 3 is 1.25 bits per heavy atom. The molecule has 0 fully saturated rings. The zero-order chi connectivity index (χ0) is 39.4. The van der Waals surface area contributed by atoms with Gasteiger partial charge < -0.3 is 4.90 Å². The van der Waals surface area contributed by atoms with Crippen molar-refractivity contribution in [3.63, 3.8) is 0 Å². The predicted octanol–water partition coefficient (Wildman–Crippen LogP) is 16.3. The second-order valence-electron chi connectivity index (χ2n) is 14.9. The molecule has 0 spiro atoms. The number of hydrogen-bond acceptors (Lipinski definition) is 1. The maximum atomic E-state index is 2.41. The van der Waals surface area contributed by atoms with Crippen LogP contribution in [0.5, 0.6) is 0 Å². The molecule has 0 heterocycles. The van der Waals surface area contributed by atoms with E-state index in [0.29, 0.717) is 0 Å². The number of hydrogen-bond donors (Lipinski definition) is 0. The normalized spacial score (nSPS) is 11.1. The van der Waals surface area contributed by atoms with Crippen LogP contribution in [0.25, 0.3) is 77.5 Å². The lowest BCUT2D eigenvalue weighted by Gasteiger charge is -2.29. The Balaban J connectivity index is 1.15. The lowest BCUT2D eigenvalue weighted by Crippen LogP contribution is -2.11. The van der Waals surface area contributed by atoms with Crippen molar-refractivity contribution in [3.8, 4) is 66.8 Å². The molecule has 0 aliphatic rings. The Morgan fingerprint density at radius 2 is 0.610 bits per heavy atom. The summed E-state index contributed by atoms with van der Waals surface area (Å²) in [7, 11) is 0. The van der Waals surface area contributed by atoms with Gasteiger partial charge >= 0.3 is 0 Å². The van der Waals surface area contributed by atoms with E-state index in [4.69, 9.17) is 0 Å². The Bertz CT molecular complexity index is 3000. The highest BCUT2D eigenvalue weighted by Crippen LogP contribution is 2.46. The summed E-state index contributed by atoms with van der Waals surface area (Å²) in [5, 5.41) is 2.49. The zero-order valence-corrected chi connectivity index (χ0v) is 32.6. The van der Waals surface area contributed by atoms with Crippen molar-refractivity contribution in [3.05, 3.63) is 249 Å². The van der Waals surface area contributed by atoms with Gasteiger partial charge in [-0.1, -0.05) is 206 Å². The molecule has 0 bridgehead atoms. The van der Waals surface area contributed by atoms with Gasteiger partial charge in [-0.25, -0.2) is 0 Å².